The molecule has 34 heavy (non-hydrogen) atoms. The lowest BCUT2D eigenvalue weighted by Gasteiger charge is -2.35. The molecule has 0 bridgehead atoms. The molecule has 8 nitrogen and oxygen atoms in total. The summed E-state index contributed by atoms with van der Waals surface area (Å²) in [4.78, 5) is 22.7. The average Bonchev–Trinajstić information content (AvgIpc) is 3.25. The van der Waals surface area contributed by atoms with Crippen LogP contribution in [-0.2, 0) is 18.6 Å². The monoisotopic (exact) mass is 459 g/mol. The lowest BCUT2D eigenvalue weighted by atomic mass is 9.98. The van der Waals surface area contributed by atoms with E-state index in [0.717, 1.165) is 27.9 Å². The molecule has 0 aliphatic carbocycles. The molecule has 3 aromatic heterocycles. The van der Waals surface area contributed by atoms with E-state index in [1.165, 1.54) is 0 Å². The van der Waals surface area contributed by atoms with Gasteiger partial charge in [0.2, 0.25) is 0 Å². The van der Waals surface area contributed by atoms with Crippen molar-refractivity contribution >= 4 is 10.9 Å². The summed E-state index contributed by atoms with van der Waals surface area (Å²) in [5.41, 5.74) is 3.42. The molecular formula is C26H33N7O. The van der Waals surface area contributed by atoms with Gasteiger partial charge in [-0.25, -0.2) is 4.68 Å². The Labute approximate surface area is 200 Å². The van der Waals surface area contributed by atoms with Crippen LogP contribution in [-0.4, -0.2) is 35.1 Å². The van der Waals surface area contributed by atoms with Gasteiger partial charge in [0.25, 0.3) is 5.56 Å². The molecule has 0 radical (unpaired) electrons. The Morgan fingerprint density at radius 3 is 2.59 bits per heavy atom. The minimum atomic E-state index is -0.274. The Bertz CT molecular complexity index is 1320. The summed E-state index contributed by atoms with van der Waals surface area (Å²) in [6, 6.07) is 11.9. The van der Waals surface area contributed by atoms with Gasteiger partial charge < -0.3 is 4.98 Å². The van der Waals surface area contributed by atoms with Gasteiger partial charge >= 0.3 is 0 Å². The molecule has 0 aliphatic rings. The maximum absolute atomic E-state index is 13.1. The van der Waals surface area contributed by atoms with Crippen LogP contribution < -0.4 is 5.56 Å². The largest absolute Gasteiger partial charge is 0.322 e. The van der Waals surface area contributed by atoms with Crippen LogP contribution in [0.2, 0.25) is 0 Å². The highest BCUT2D eigenvalue weighted by atomic mass is 16.1. The van der Waals surface area contributed by atoms with Crippen molar-refractivity contribution in [2.24, 2.45) is 5.92 Å². The van der Waals surface area contributed by atoms with Crippen LogP contribution in [0.3, 0.4) is 0 Å². The second-order valence-electron chi connectivity index (χ2n) is 10.3. The SMILES string of the molecule is Cc1ccc2[nH]c(=O)c(CN(Cc3cccnc3)[C@H](c3nnnn3C(C)(C)C)C(C)C)cc2c1. The van der Waals surface area contributed by atoms with Crippen LogP contribution in [0.1, 0.15) is 63.2 Å². The molecule has 0 amide bonds. The summed E-state index contributed by atoms with van der Waals surface area (Å²) in [6.07, 6.45) is 3.63. The van der Waals surface area contributed by atoms with Crippen molar-refractivity contribution < 1.29 is 0 Å². The smallest absolute Gasteiger partial charge is 0.252 e. The number of benzene rings is 1. The Hall–Kier alpha value is -3.39. The quantitative estimate of drug-likeness (QED) is 0.441. The van der Waals surface area contributed by atoms with E-state index in [2.05, 4.69) is 84.1 Å². The Balaban J connectivity index is 1.81. The van der Waals surface area contributed by atoms with Crippen molar-refractivity contribution in [3.8, 4) is 0 Å². The van der Waals surface area contributed by atoms with Gasteiger partial charge in [-0.05, 0) is 79.3 Å². The number of nitrogens with zero attached hydrogens (tertiary/aromatic N) is 6. The normalized spacial score (nSPS) is 13.2. The van der Waals surface area contributed by atoms with Crippen LogP contribution >= 0.6 is 0 Å². The van der Waals surface area contributed by atoms with Crippen LogP contribution in [0.15, 0.2) is 53.6 Å². The van der Waals surface area contributed by atoms with Gasteiger partial charge in [0.05, 0.1) is 11.6 Å². The highest BCUT2D eigenvalue weighted by Crippen LogP contribution is 2.32. The number of rotatable bonds is 7. The minimum Gasteiger partial charge on any atom is -0.322 e. The average molecular weight is 460 g/mol. The summed E-state index contributed by atoms with van der Waals surface area (Å²) in [6.45, 7) is 13.7. The second kappa shape index (κ2) is 9.46. The van der Waals surface area contributed by atoms with E-state index < -0.39 is 0 Å². The zero-order chi connectivity index (χ0) is 24.5. The topological polar surface area (TPSA) is 92.6 Å². The predicted octanol–water partition coefficient (Wildman–Crippen LogP) is 4.37. The van der Waals surface area contributed by atoms with Gasteiger partial charge in [0.1, 0.15) is 0 Å². The van der Waals surface area contributed by atoms with E-state index >= 15 is 0 Å². The number of hydrogen-bond donors (Lipinski definition) is 1. The van der Waals surface area contributed by atoms with Crippen molar-refractivity contribution in [1.29, 1.82) is 0 Å². The fourth-order valence-corrected chi connectivity index (χ4v) is 4.43. The molecule has 0 spiro atoms. The highest BCUT2D eigenvalue weighted by Gasteiger charge is 2.33. The van der Waals surface area contributed by atoms with E-state index in [4.69, 9.17) is 0 Å². The zero-order valence-corrected chi connectivity index (χ0v) is 20.8. The van der Waals surface area contributed by atoms with Gasteiger partial charge in [-0.15, -0.1) is 5.10 Å². The number of aromatic nitrogens is 6. The molecule has 0 saturated heterocycles. The van der Waals surface area contributed by atoms with Crippen molar-refractivity contribution in [1.82, 2.24) is 35.1 Å². The molecule has 4 rings (SSSR count). The number of fused-ring (bicyclic) bond motifs is 1. The number of aryl methyl sites for hydroxylation is 1. The third kappa shape index (κ3) is 5.07. The number of pyridine rings is 2. The molecule has 0 saturated carbocycles. The van der Waals surface area contributed by atoms with Gasteiger partial charge in [0, 0.05) is 36.6 Å². The molecular weight excluding hydrogens is 426 g/mol. The van der Waals surface area contributed by atoms with Crippen molar-refractivity contribution in [2.45, 2.75) is 66.2 Å². The second-order valence-corrected chi connectivity index (χ2v) is 10.3. The molecule has 178 valence electrons. The third-order valence-corrected chi connectivity index (χ3v) is 5.98. The molecule has 1 aromatic carbocycles. The summed E-state index contributed by atoms with van der Waals surface area (Å²) in [5.74, 6) is 0.991. The third-order valence-electron chi connectivity index (χ3n) is 5.98. The van der Waals surface area contributed by atoms with Gasteiger partial charge in [-0.1, -0.05) is 31.5 Å². The fraction of sp³-hybridized carbons (Fsp3) is 0.423. The van der Waals surface area contributed by atoms with Crippen molar-refractivity contribution in [3.05, 3.63) is 81.7 Å². The Morgan fingerprint density at radius 2 is 1.91 bits per heavy atom. The number of aromatic amines is 1. The molecule has 0 fully saturated rings. The number of H-pyrrole nitrogens is 1. The first-order chi connectivity index (χ1) is 16.1. The Kier molecular flexibility index (Phi) is 6.61. The maximum Gasteiger partial charge on any atom is 0.252 e. The molecule has 4 aromatic rings. The number of tetrazole rings is 1. The Morgan fingerprint density at radius 1 is 1.12 bits per heavy atom. The summed E-state index contributed by atoms with van der Waals surface area (Å²) in [7, 11) is 0. The van der Waals surface area contributed by atoms with Crippen LogP contribution in [0.4, 0.5) is 0 Å². The first kappa shape index (κ1) is 23.8. The molecule has 1 atom stereocenters. The lowest BCUT2D eigenvalue weighted by Crippen LogP contribution is -2.37. The van der Waals surface area contributed by atoms with E-state index in [1.807, 2.05) is 35.1 Å². The highest BCUT2D eigenvalue weighted by molar-refractivity contribution is 5.79. The summed E-state index contributed by atoms with van der Waals surface area (Å²) >= 11 is 0. The molecule has 1 N–H and O–H groups in total. The predicted molar refractivity (Wildman–Crippen MR) is 133 cm³/mol. The molecule has 8 heteroatoms. The van der Waals surface area contributed by atoms with Gasteiger partial charge in [0.15, 0.2) is 5.82 Å². The van der Waals surface area contributed by atoms with Crippen LogP contribution in [0.5, 0.6) is 0 Å². The van der Waals surface area contributed by atoms with Crippen LogP contribution in [0.25, 0.3) is 10.9 Å². The zero-order valence-electron chi connectivity index (χ0n) is 20.8. The summed E-state index contributed by atoms with van der Waals surface area (Å²) < 4.78 is 1.89. The lowest BCUT2D eigenvalue weighted by molar-refractivity contribution is 0.119. The molecule has 0 aliphatic heterocycles. The van der Waals surface area contributed by atoms with Gasteiger partial charge in [-0.3, -0.25) is 14.7 Å². The first-order valence-electron chi connectivity index (χ1n) is 11.7. The number of hydrogen-bond acceptors (Lipinski definition) is 6. The molecule has 0 unspecified atom stereocenters. The van der Waals surface area contributed by atoms with E-state index in [1.54, 1.807) is 6.20 Å². The standard InChI is InChI=1S/C26H33N7O/c1-17(2)23(24-29-30-31-33(24)26(4,5)6)32(15-19-8-7-11-27-14-19)16-21-13-20-12-18(3)9-10-22(20)28-25(21)34/h7-14,17,23H,15-16H2,1-6H3,(H,28,34)/t23-/m0/s1. The number of nitrogens with one attached hydrogen (secondary N) is 1. The van der Waals surface area contributed by atoms with E-state index in [0.29, 0.717) is 18.7 Å². The minimum absolute atomic E-state index is 0.0783. The van der Waals surface area contributed by atoms with E-state index in [9.17, 15) is 4.79 Å². The first-order valence-corrected chi connectivity index (χ1v) is 11.7. The molecule has 3 heterocycles. The maximum atomic E-state index is 13.1. The van der Waals surface area contributed by atoms with Gasteiger partial charge in [-0.2, -0.15) is 0 Å². The van der Waals surface area contributed by atoms with E-state index in [-0.39, 0.29) is 23.1 Å². The summed E-state index contributed by atoms with van der Waals surface area (Å²) in [5, 5.41) is 13.8. The van der Waals surface area contributed by atoms with Crippen molar-refractivity contribution in [3.63, 3.8) is 0 Å². The van der Waals surface area contributed by atoms with Crippen molar-refractivity contribution in [2.75, 3.05) is 0 Å². The van der Waals surface area contributed by atoms with Crippen LogP contribution in [0, 0.1) is 12.8 Å². The fourth-order valence-electron chi connectivity index (χ4n) is 4.43.